The molecule has 0 bridgehead atoms. The maximum absolute atomic E-state index is 5.45. The van der Waals surface area contributed by atoms with Crippen molar-refractivity contribution in [3.8, 4) is 11.5 Å². The van der Waals surface area contributed by atoms with Crippen LogP contribution in [0.5, 0.6) is 11.5 Å². The van der Waals surface area contributed by atoms with E-state index in [-0.39, 0.29) is 0 Å². The third-order valence-electron chi connectivity index (χ3n) is 4.40. The number of rotatable bonds is 1. The first-order chi connectivity index (χ1) is 8.90. The van der Waals surface area contributed by atoms with Crippen LogP contribution in [0.15, 0.2) is 18.2 Å². The number of anilines is 1. The maximum atomic E-state index is 5.45. The smallest absolute Gasteiger partial charge is 0.231 e. The summed E-state index contributed by atoms with van der Waals surface area (Å²) in [4.78, 5) is 2.46. The Morgan fingerprint density at radius 1 is 1.17 bits per heavy atom. The summed E-state index contributed by atoms with van der Waals surface area (Å²) in [5.41, 5.74) is 1.26. The average molecular weight is 246 g/mol. The molecule has 0 radical (unpaired) electrons. The van der Waals surface area contributed by atoms with Gasteiger partial charge in [-0.1, -0.05) is 0 Å². The second-order valence-electron chi connectivity index (χ2n) is 5.38. The van der Waals surface area contributed by atoms with Crippen LogP contribution in [-0.4, -0.2) is 32.5 Å². The molecule has 1 aromatic rings. The predicted molar refractivity (Wildman–Crippen MR) is 69.3 cm³/mol. The molecule has 4 rings (SSSR count). The fourth-order valence-corrected chi connectivity index (χ4v) is 3.35. The van der Waals surface area contributed by atoms with E-state index in [4.69, 9.17) is 9.47 Å². The maximum Gasteiger partial charge on any atom is 0.231 e. The van der Waals surface area contributed by atoms with Crippen molar-refractivity contribution < 1.29 is 9.47 Å². The van der Waals surface area contributed by atoms with Crippen molar-refractivity contribution in [3.63, 3.8) is 0 Å². The summed E-state index contributed by atoms with van der Waals surface area (Å²) in [6, 6.07) is 6.94. The molecule has 4 nitrogen and oxygen atoms in total. The molecule has 1 N–H and O–H groups in total. The third-order valence-corrected chi connectivity index (χ3v) is 4.40. The van der Waals surface area contributed by atoms with Crippen LogP contribution in [0.25, 0.3) is 0 Å². The lowest BCUT2D eigenvalue weighted by atomic mass is 9.92. The second-order valence-corrected chi connectivity index (χ2v) is 5.38. The molecule has 1 aromatic carbocycles. The zero-order chi connectivity index (χ0) is 11.9. The van der Waals surface area contributed by atoms with Crippen molar-refractivity contribution in [2.75, 3.05) is 31.3 Å². The Bertz CT molecular complexity index is 463. The molecule has 4 heteroatoms. The van der Waals surface area contributed by atoms with Gasteiger partial charge in [0.2, 0.25) is 6.79 Å². The number of piperidine rings is 1. The highest BCUT2D eigenvalue weighted by Gasteiger charge is 2.32. The first kappa shape index (κ1) is 10.5. The number of nitrogens with zero attached hydrogens (tertiary/aromatic N) is 1. The van der Waals surface area contributed by atoms with Crippen LogP contribution in [0.2, 0.25) is 0 Å². The van der Waals surface area contributed by atoms with Gasteiger partial charge in [0.15, 0.2) is 11.5 Å². The van der Waals surface area contributed by atoms with E-state index in [0.29, 0.717) is 12.8 Å². The Hall–Kier alpha value is -1.42. The minimum atomic E-state index is 0.352. The fraction of sp³-hybridized carbons (Fsp3) is 0.571. The number of hydrogen-bond donors (Lipinski definition) is 1. The van der Waals surface area contributed by atoms with Crippen LogP contribution in [0.3, 0.4) is 0 Å². The van der Waals surface area contributed by atoms with Gasteiger partial charge in [0, 0.05) is 30.9 Å². The molecule has 0 aromatic heterocycles. The standard InChI is InChI=1S/C14H18N2O2/c1-2-13-14(18-9-17-13)7-11(1)16-6-4-10-3-5-15-12(10)8-16/h1-2,7,10,12,15H,3-6,8-9H2. The zero-order valence-corrected chi connectivity index (χ0v) is 10.4. The lowest BCUT2D eigenvalue weighted by molar-refractivity contribution is 0.174. The normalized spacial score (nSPS) is 29.4. The molecule has 0 saturated carbocycles. The van der Waals surface area contributed by atoms with E-state index in [2.05, 4.69) is 22.3 Å². The summed E-state index contributed by atoms with van der Waals surface area (Å²) in [6.07, 6.45) is 2.64. The second kappa shape index (κ2) is 4.05. The highest BCUT2D eigenvalue weighted by Crippen LogP contribution is 2.37. The largest absolute Gasteiger partial charge is 0.454 e. The van der Waals surface area contributed by atoms with Crippen LogP contribution in [0.1, 0.15) is 12.8 Å². The molecule has 2 unspecified atom stereocenters. The number of benzene rings is 1. The van der Waals surface area contributed by atoms with Crippen molar-refractivity contribution >= 4 is 5.69 Å². The average Bonchev–Trinajstić information content (AvgIpc) is 3.05. The van der Waals surface area contributed by atoms with Gasteiger partial charge in [0.05, 0.1) is 0 Å². The highest BCUT2D eigenvalue weighted by molar-refractivity contribution is 5.57. The molecule has 0 spiro atoms. The molecule has 2 atom stereocenters. The molecule has 0 amide bonds. The minimum absolute atomic E-state index is 0.352. The predicted octanol–water partition coefficient (Wildman–Crippen LogP) is 1.60. The quantitative estimate of drug-likeness (QED) is 0.816. The van der Waals surface area contributed by atoms with E-state index in [9.17, 15) is 0 Å². The molecule has 2 saturated heterocycles. The number of ether oxygens (including phenoxy) is 2. The van der Waals surface area contributed by atoms with Crippen LogP contribution in [-0.2, 0) is 0 Å². The molecular weight excluding hydrogens is 228 g/mol. The Morgan fingerprint density at radius 2 is 2.11 bits per heavy atom. The fourth-order valence-electron chi connectivity index (χ4n) is 3.35. The topological polar surface area (TPSA) is 33.7 Å². The van der Waals surface area contributed by atoms with Crippen LogP contribution in [0.4, 0.5) is 5.69 Å². The number of nitrogens with one attached hydrogen (secondary N) is 1. The van der Waals surface area contributed by atoms with Crippen LogP contribution in [0, 0.1) is 5.92 Å². The highest BCUT2D eigenvalue weighted by atomic mass is 16.7. The third kappa shape index (κ3) is 1.63. The zero-order valence-electron chi connectivity index (χ0n) is 10.4. The van der Waals surface area contributed by atoms with Crippen molar-refractivity contribution in [1.82, 2.24) is 5.32 Å². The van der Waals surface area contributed by atoms with Crippen LogP contribution < -0.4 is 19.7 Å². The van der Waals surface area contributed by atoms with E-state index in [1.54, 1.807) is 0 Å². The summed E-state index contributed by atoms with van der Waals surface area (Å²) in [5.74, 6) is 2.64. The van der Waals surface area contributed by atoms with Gasteiger partial charge in [-0.3, -0.25) is 0 Å². The van der Waals surface area contributed by atoms with Gasteiger partial charge in [-0.2, -0.15) is 0 Å². The SMILES string of the molecule is c1cc2c(cc1N1CCC3CCNC3C1)OCO2. The van der Waals surface area contributed by atoms with Gasteiger partial charge in [-0.05, 0) is 37.4 Å². The summed E-state index contributed by atoms with van der Waals surface area (Å²) < 4.78 is 10.8. The Balaban J connectivity index is 1.56. The van der Waals surface area contributed by atoms with E-state index < -0.39 is 0 Å². The van der Waals surface area contributed by atoms with Crippen molar-refractivity contribution in [2.24, 2.45) is 5.92 Å². The summed E-state index contributed by atoms with van der Waals surface area (Å²) in [6.45, 7) is 3.81. The Labute approximate surface area is 107 Å². The van der Waals surface area contributed by atoms with Gasteiger partial charge in [0.25, 0.3) is 0 Å². The first-order valence-electron chi connectivity index (χ1n) is 6.78. The summed E-state index contributed by atoms with van der Waals surface area (Å²) >= 11 is 0. The van der Waals surface area contributed by atoms with Crippen molar-refractivity contribution in [2.45, 2.75) is 18.9 Å². The Morgan fingerprint density at radius 3 is 3.11 bits per heavy atom. The Kier molecular flexibility index (Phi) is 2.36. The molecular formula is C14H18N2O2. The van der Waals surface area contributed by atoms with E-state index in [0.717, 1.165) is 30.5 Å². The van der Waals surface area contributed by atoms with Crippen molar-refractivity contribution in [1.29, 1.82) is 0 Å². The first-order valence-corrected chi connectivity index (χ1v) is 6.78. The van der Waals surface area contributed by atoms with E-state index in [1.165, 1.54) is 25.1 Å². The molecule has 3 heterocycles. The molecule has 0 aliphatic carbocycles. The van der Waals surface area contributed by atoms with E-state index >= 15 is 0 Å². The van der Waals surface area contributed by atoms with Crippen molar-refractivity contribution in [3.05, 3.63) is 18.2 Å². The molecule has 18 heavy (non-hydrogen) atoms. The van der Waals surface area contributed by atoms with Gasteiger partial charge < -0.3 is 19.7 Å². The van der Waals surface area contributed by atoms with Gasteiger partial charge in [0.1, 0.15) is 0 Å². The van der Waals surface area contributed by atoms with Crippen LogP contribution >= 0.6 is 0 Å². The van der Waals surface area contributed by atoms with E-state index in [1.807, 2.05) is 6.07 Å². The molecule has 3 aliphatic rings. The van der Waals surface area contributed by atoms with Gasteiger partial charge in [-0.25, -0.2) is 0 Å². The minimum Gasteiger partial charge on any atom is -0.454 e. The lowest BCUT2D eigenvalue weighted by Crippen LogP contribution is -2.46. The lowest BCUT2D eigenvalue weighted by Gasteiger charge is -2.36. The van der Waals surface area contributed by atoms with Gasteiger partial charge in [-0.15, -0.1) is 0 Å². The monoisotopic (exact) mass is 246 g/mol. The summed E-state index contributed by atoms with van der Waals surface area (Å²) in [5, 5.41) is 3.61. The van der Waals surface area contributed by atoms with Gasteiger partial charge >= 0.3 is 0 Å². The molecule has 2 fully saturated rings. The molecule has 96 valence electrons. The molecule has 3 aliphatic heterocycles. The number of fused-ring (bicyclic) bond motifs is 2. The number of hydrogen-bond acceptors (Lipinski definition) is 4. The summed E-state index contributed by atoms with van der Waals surface area (Å²) in [7, 11) is 0.